The van der Waals surface area contributed by atoms with Gasteiger partial charge in [0.25, 0.3) is 0 Å². The lowest BCUT2D eigenvalue weighted by molar-refractivity contribution is -0.0399. The van der Waals surface area contributed by atoms with Gasteiger partial charge in [-0.2, -0.15) is 0 Å². The average molecular weight is 365 g/mol. The van der Waals surface area contributed by atoms with E-state index in [1.165, 1.54) is 5.56 Å². The molecule has 1 aliphatic heterocycles. The summed E-state index contributed by atoms with van der Waals surface area (Å²) in [5.41, 5.74) is 8.68. The Morgan fingerprint density at radius 3 is 2.81 bits per heavy atom. The molecule has 2 aliphatic rings. The van der Waals surface area contributed by atoms with Crippen molar-refractivity contribution < 1.29 is 4.74 Å². The van der Waals surface area contributed by atoms with E-state index in [-0.39, 0.29) is 6.10 Å². The highest BCUT2D eigenvalue weighted by atomic mass is 16.5. The summed E-state index contributed by atoms with van der Waals surface area (Å²) in [7, 11) is 0. The van der Waals surface area contributed by atoms with Gasteiger partial charge >= 0.3 is 0 Å². The third kappa shape index (κ3) is 3.50. The van der Waals surface area contributed by atoms with Gasteiger partial charge in [-0.05, 0) is 18.4 Å². The molecular formula is C19H23N7O. The minimum absolute atomic E-state index is 0.0490. The lowest BCUT2D eigenvalue weighted by Gasteiger charge is -2.32. The van der Waals surface area contributed by atoms with Crippen LogP contribution in [0.1, 0.15) is 30.1 Å². The zero-order chi connectivity index (χ0) is 18.2. The van der Waals surface area contributed by atoms with E-state index in [1.54, 1.807) is 0 Å². The minimum Gasteiger partial charge on any atom is -0.382 e. The van der Waals surface area contributed by atoms with Crippen molar-refractivity contribution in [2.75, 3.05) is 25.4 Å². The van der Waals surface area contributed by atoms with E-state index < -0.39 is 0 Å². The monoisotopic (exact) mass is 365 g/mol. The predicted molar refractivity (Wildman–Crippen MR) is 101 cm³/mol. The van der Waals surface area contributed by atoms with Gasteiger partial charge in [0, 0.05) is 25.6 Å². The number of nitrogens with two attached hydrogens (primary N) is 1. The van der Waals surface area contributed by atoms with Gasteiger partial charge in [-0.3, -0.25) is 4.90 Å². The second-order valence-electron chi connectivity index (χ2n) is 7.40. The molecule has 1 atom stereocenters. The maximum atomic E-state index is 6.07. The number of hydrogen-bond acceptors (Lipinski definition) is 7. The van der Waals surface area contributed by atoms with Gasteiger partial charge in [-0.15, -0.1) is 5.10 Å². The standard InChI is InChI=1S/C19H23N7O/c20-17-16-19(22-18(21-17)14-6-7-14)26(24-23-16)12-15-11-25(8-9-27-15)10-13-4-2-1-3-5-13/h1-5,14-15H,6-12H2,(H2,20,21,22)/t15-/m1/s1. The first-order valence-electron chi connectivity index (χ1n) is 9.51. The molecule has 2 N–H and O–H groups in total. The Morgan fingerprint density at radius 1 is 1.15 bits per heavy atom. The van der Waals surface area contributed by atoms with Crippen LogP contribution in [0.15, 0.2) is 30.3 Å². The summed E-state index contributed by atoms with van der Waals surface area (Å²) in [5.74, 6) is 1.68. The van der Waals surface area contributed by atoms with E-state index >= 15 is 0 Å². The Labute approximate surface area is 157 Å². The Morgan fingerprint density at radius 2 is 2.00 bits per heavy atom. The van der Waals surface area contributed by atoms with Gasteiger partial charge in [0.2, 0.25) is 0 Å². The lowest BCUT2D eigenvalue weighted by atomic mass is 10.2. The molecular weight excluding hydrogens is 342 g/mol. The molecule has 1 saturated heterocycles. The summed E-state index contributed by atoms with van der Waals surface area (Å²) >= 11 is 0. The van der Waals surface area contributed by atoms with Gasteiger partial charge in [-0.25, -0.2) is 14.6 Å². The summed E-state index contributed by atoms with van der Waals surface area (Å²) in [5, 5.41) is 8.45. The van der Waals surface area contributed by atoms with Crippen LogP contribution in [0.3, 0.4) is 0 Å². The van der Waals surface area contributed by atoms with E-state index in [4.69, 9.17) is 10.5 Å². The summed E-state index contributed by atoms with van der Waals surface area (Å²) in [4.78, 5) is 11.5. The summed E-state index contributed by atoms with van der Waals surface area (Å²) < 4.78 is 7.80. The maximum absolute atomic E-state index is 6.07. The molecule has 0 spiro atoms. The normalized spacial score (nSPS) is 21.0. The molecule has 0 radical (unpaired) electrons. The molecule has 3 heterocycles. The Balaban J connectivity index is 1.32. The molecule has 2 fully saturated rings. The highest BCUT2D eigenvalue weighted by Gasteiger charge is 2.29. The van der Waals surface area contributed by atoms with E-state index in [2.05, 4.69) is 49.4 Å². The molecule has 8 heteroatoms. The SMILES string of the molecule is Nc1nc(C2CC2)nc2c1nnn2C[C@H]1CN(Cc2ccccc2)CCO1. The van der Waals surface area contributed by atoms with Crippen LogP contribution in [0.2, 0.25) is 0 Å². The molecule has 3 aromatic rings. The maximum Gasteiger partial charge on any atom is 0.184 e. The van der Waals surface area contributed by atoms with Crippen LogP contribution in [0.5, 0.6) is 0 Å². The van der Waals surface area contributed by atoms with E-state index in [0.717, 1.165) is 38.3 Å². The summed E-state index contributed by atoms with van der Waals surface area (Å²) in [6.07, 6.45) is 2.31. The number of aromatic nitrogens is 5. The fourth-order valence-electron chi connectivity index (χ4n) is 3.61. The number of rotatable bonds is 5. The van der Waals surface area contributed by atoms with Crippen LogP contribution in [0.4, 0.5) is 5.82 Å². The molecule has 1 aromatic carbocycles. The first-order chi connectivity index (χ1) is 13.3. The van der Waals surface area contributed by atoms with Crippen LogP contribution >= 0.6 is 0 Å². The number of nitrogen functional groups attached to an aromatic ring is 1. The molecule has 0 amide bonds. The van der Waals surface area contributed by atoms with Crippen molar-refractivity contribution in [2.24, 2.45) is 0 Å². The van der Waals surface area contributed by atoms with Crippen molar-refractivity contribution in [3.63, 3.8) is 0 Å². The molecule has 5 rings (SSSR count). The van der Waals surface area contributed by atoms with Crippen LogP contribution in [-0.4, -0.2) is 55.7 Å². The van der Waals surface area contributed by atoms with Gasteiger partial charge < -0.3 is 10.5 Å². The number of nitrogens with zero attached hydrogens (tertiary/aromatic N) is 6. The Bertz CT molecular complexity index is 938. The second kappa shape index (κ2) is 6.86. The van der Waals surface area contributed by atoms with E-state index in [9.17, 15) is 0 Å². The number of benzene rings is 1. The number of morpholine rings is 1. The van der Waals surface area contributed by atoms with Crippen LogP contribution in [0, 0.1) is 0 Å². The van der Waals surface area contributed by atoms with Crippen molar-refractivity contribution in [3.05, 3.63) is 41.7 Å². The quantitative estimate of drug-likeness (QED) is 0.733. The van der Waals surface area contributed by atoms with Crippen molar-refractivity contribution in [1.29, 1.82) is 0 Å². The number of hydrogen-bond donors (Lipinski definition) is 1. The van der Waals surface area contributed by atoms with Crippen LogP contribution in [-0.2, 0) is 17.8 Å². The Hall–Kier alpha value is -2.58. The molecule has 27 heavy (non-hydrogen) atoms. The molecule has 0 unspecified atom stereocenters. The number of ether oxygens (including phenoxy) is 1. The van der Waals surface area contributed by atoms with Crippen molar-refractivity contribution in [3.8, 4) is 0 Å². The molecule has 1 saturated carbocycles. The number of fused-ring (bicyclic) bond motifs is 1. The average Bonchev–Trinajstić information content (AvgIpc) is 3.45. The smallest absolute Gasteiger partial charge is 0.184 e. The first-order valence-corrected chi connectivity index (χ1v) is 9.51. The molecule has 8 nitrogen and oxygen atoms in total. The fourth-order valence-corrected chi connectivity index (χ4v) is 3.61. The molecule has 1 aliphatic carbocycles. The van der Waals surface area contributed by atoms with Crippen molar-refractivity contribution in [1.82, 2.24) is 29.9 Å². The minimum atomic E-state index is 0.0490. The van der Waals surface area contributed by atoms with Crippen LogP contribution in [0.25, 0.3) is 11.2 Å². The predicted octanol–water partition coefficient (Wildman–Crippen LogP) is 1.58. The van der Waals surface area contributed by atoms with Gasteiger partial charge in [0.1, 0.15) is 5.82 Å². The van der Waals surface area contributed by atoms with Crippen LogP contribution < -0.4 is 5.73 Å². The van der Waals surface area contributed by atoms with E-state index in [0.29, 0.717) is 36.1 Å². The highest BCUT2D eigenvalue weighted by Crippen LogP contribution is 2.38. The Kier molecular flexibility index (Phi) is 4.21. The zero-order valence-corrected chi connectivity index (χ0v) is 15.2. The van der Waals surface area contributed by atoms with Gasteiger partial charge in [0.05, 0.1) is 19.3 Å². The lowest BCUT2D eigenvalue weighted by Crippen LogP contribution is -2.43. The molecule has 140 valence electrons. The largest absolute Gasteiger partial charge is 0.382 e. The topological polar surface area (TPSA) is 95.0 Å². The van der Waals surface area contributed by atoms with Crippen molar-refractivity contribution >= 4 is 17.0 Å². The molecule has 2 aromatic heterocycles. The third-order valence-electron chi connectivity index (χ3n) is 5.20. The zero-order valence-electron chi connectivity index (χ0n) is 15.2. The van der Waals surface area contributed by atoms with E-state index in [1.807, 2.05) is 10.7 Å². The highest BCUT2D eigenvalue weighted by molar-refractivity contribution is 5.80. The fraction of sp³-hybridized carbons (Fsp3) is 0.474. The third-order valence-corrected chi connectivity index (χ3v) is 5.20. The van der Waals surface area contributed by atoms with Crippen molar-refractivity contribution in [2.45, 2.75) is 38.0 Å². The molecule has 0 bridgehead atoms. The van der Waals surface area contributed by atoms with Gasteiger partial charge in [0.15, 0.2) is 17.0 Å². The second-order valence-corrected chi connectivity index (χ2v) is 7.40. The number of anilines is 1. The first kappa shape index (κ1) is 16.6. The summed E-state index contributed by atoms with van der Waals surface area (Å²) in [6.45, 7) is 4.05. The summed E-state index contributed by atoms with van der Waals surface area (Å²) in [6, 6.07) is 10.5. The van der Waals surface area contributed by atoms with Gasteiger partial charge in [-0.1, -0.05) is 35.5 Å².